The SMILES string of the molecule is C=CCNC(=O)CCN1N=C(c2ccc(OC)cc2)CCC1=O. The molecule has 0 saturated carbocycles. The molecule has 0 aromatic heterocycles. The highest BCUT2D eigenvalue weighted by Crippen LogP contribution is 2.18. The predicted octanol–water partition coefficient (Wildman–Crippen LogP) is 1.71. The van der Waals surface area contributed by atoms with Crippen molar-refractivity contribution in [3.05, 3.63) is 42.5 Å². The zero-order valence-corrected chi connectivity index (χ0v) is 13.2. The highest BCUT2D eigenvalue weighted by molar-refractivity contribution is 6.04. The van der Waals surface area contributed by atoms with Crippen LogP contribution >= 0.6 is 0 Å². The van der Waals surface area contributed by atoms with Gasteiger partial charge in [0, 0.05) is 25.8 Å². The summed E-state index contributed by atoms with van der Waals surface area (Å²) in [5, 5.41) is 8.47. The van der Waals surface area contributed by atoms with Crippen LogP contribution in [-0.2, 0) is 9.59 Å². The summed E-state index contributed by atoms with van der Waals surface area (Å²) in [6.45, 7) is 4.24. The van der Waals surface area contributed by atoms with Crippen molar-refractivity contribution >= 4 is 17.5 Å². The van der Waals surface area contributed by atoms with E-state index in [1.54, 1.807) is 13.2 Å². The lowest BCUT2D eigenvalue weighted by Crippen LogP contribution is -2.35. The third kappa shape index (κ3) is 4.67. The van der Waals surface area contributed by atoms with Crippen LogP contribution in [0.25, 0.3) is 0 Å². The molecule has 1 aromatic carbocycles. The minimum atomic E-state index is -0.121. The van der Waals surface area contributed by atoms with Gasteiger partial charge in [-0.15, -0.1) is 6.58 Å². The Morgan fingerprint density at radius 1 is 1.39 bits per heavy atom. The van der Waals surface area contributed by atoms with Gasteiger partial charge in [-0.25, -0.2) is 5.01 Å². The van der Waals surface area contributed by atoms with E-state index in [1.165, 1.54) is 5.01 Å². The average Bonchev–Trinajstić information content (AvgIpc) is 2.59. The second-order valence-corrected chi connectivity index (χ2v) is 5.13. The van der Waals surface area contributed by atoms with E-state index in [1.807, 2.05) is 24.3 Å². The zero-order chi connectivity index (χ0) is 16.7. The highest BCUT2D eigenvalue weighted by Gasteiger charge is 2.21. The molecule has 0 unspecified atom stereocenters. The smallest absolute Gasteiger partial charge is 0.243 e. The molecule has 0 bridgehead atoms. The summed E-state index contributed by atoms with van der Waals surface area (Å²) in [6.07, 6.45) is 2.84. The quantitative estimate of drug-likeness (QED) is 0.779. The minimum Gasteiger partial charge on any atom is -0.497 e. The first kappa shape index (κ1) is 16.7. The van der Waals surface area contributed by atoms with Gasteiger partial charge in [0.25, 0.3) is 0 Å². The fourth-order valence-corrected chi connectivity index (χ4v) is 2.25. The summed E-state index contributed by atoms with van der Waals surface area (Å²) in [5.41, 5.74) is 1.80. The van der Waals surface area contributed by atoms with Gasteiger partial charge in [-0.1, -0.05) is 6.08 Å². The standard InChI is InChI=1S/C17H21N3O3/c1-3-11-18-16(21)10-12-20-17(22)9-8-15(19-20)13-4-6-14(23-2)7-5-13/h3-7H,1,8-12H2,2H3,(H,18,21). The monoisotopic (exact) mass is 315 g/mol. The number of hydrogen-bond donors (Lipinski definition) is 1. The van der Waals surface area contributed by atoms with Gasteiger partial charge in [0.15, 0.2) is 0 Å². The lowest BCUT2D eigenvalue weighted by molar-refractivity contribution is -0.132. The summed E-state index contributed by atoms with van der Waals surface area (Å²) >= 11 is 0. The van der Waals surface area contributed by atoms with Gasteiger partial charge in [-0.3, -0.25) is 9.59 Å². The van der Waals surface area contributed by atoms with Crippen molar-refractivity contribution in [3.8, 4) is 5.75 Å². The Hall–Kier alpha value is -2.63. The summed E-state index contributed by atoms with van der Waals surface area (Å²) < 4.78 is 5.14. The molecule has 0 radical (unpaired) electrons. The number of hydrogen-bond acceptors (Lipinski definition) is 4. The molecule has 6 heteroatoms. The van der Waals surface area contributed by atoms with Gasteiger partial charge in [0.05, 0.1) is 19.4 Å². The van der Waals surface area contributed by atoms with Gasteiger partial charge in [0.1, 0.15) is 5.75 Å². The molecular weight excluding hydrogens is 294 g/mol. The summed E-state index contributed by atoms with van der Waals surface area (Å²) in [6, 6.07) is 7.56. The number of methoxy groups -OCH3 is 1. The summed E-state index contributed by atoms with van der Waals surface area (Å²) in [7, 11) is 1.62. The van der Waals surface area contributed by atoms with Crippen LogP contribution in [0.15, 0.2) is 42.0 Å². The van der Waals surface area contributed by atoms with Crippen LogP contribution in [0.4, 0.5) is 0 Å². The topological polar surface area (TPSA) is 71.0 Å². The Bertz CT molecular complexity index is 608. The second-order valence-electron chi connectivity index (χ2n) is 5.13. The van der Waals surface area contributed by atoms with Gasteiger partial charge < -0.3 is 10.1 Å². The summed E-state index contributed by atoms with van der Waals surface area (Å²) in [5.74, 6) is 0.597. The Kier molecular flexibility index (Phi) is 5.91. The van der Waals surface area contributed by atoms with Crippen LogP contribution in [0.2, 0.25) is 0 Å². The molecule has 0 saturated heterocycles. The molecule has 6 nitrogen and oxygen atoms in total. The largest absolute Gasteiger partial charge is 0.497 e. The number of nitrogens with one attached hydrogen (secondary N) is 1. The number of rotatable bonds is 7. The number of amides is 2. The van der Waals surface area contributed by atoms with Crippen molar-refractivity contribution in [2.75, 3.05) is 20.2 Å². The lowest BCUT2D eigenvalue weighted by atomic mass is 10.0. The van der Waals surface area contributed by atoms with E-state index in [0.29, 0.717) is 19.4 Å². The minimum absolute atomic E-state index is 0.0567. The summed E-state index contributed by atoms with van der Waals surface area (Å²) in [4.78, 5) is 23.6. The van der Waals surface area contributed by atoms with Crippen LogP contribution in [0.3, 0.4) is 0 Å². The molecule has 1 N–H and O–H groups in total. The fourth-order valence-electron chi connectivity index (χ4n) is 2.25. The van der Waals surface area contributed by atoms with E-state index in [2.05, 4.69) is 17.0 Å². The molecule has 1 aromatic rings. The number of benzene rings is 1. The van der Waals surface area contributed by atoms with Gasteiger partial charge >= 0.3 is 0 Å². The molecule has 2 amide bonds. The first-order valence-electron chi connectivity index (χ1n) is 7.54. The number of carbonyl (C=O) groups excluding carboxylic acids is 2. The maximum Gasteiger partial charge on any atom is 0.243 e. The molecule has 1 aliphatic heterocycles. The van der Waals surface area contributed by atoms with Crippen LogP contribution in [0.5, 0.6) is 5.75 Å². The third-order valence-corrected chi connectivity index (χ3v) is 3.52. The fraction of sp³-hybridized carbons (Fsp3) is 0.353. The van der Waals surface area contributed by atoms with Crippen molar-refractivity contribution in [2.45, 2.75) is 19.3 Å². The molecule has 1 aliphatic rings. The maximum absolute atomic E-state index is 11.9. The van der Waals surface area contributed by atoms with E-state index in [-0.39, 0.29) is 24.8 Å². The van der Waals surface area contributed by atoms with Crippen molar-refractivity contribution in [3.63, 3.8) is 0 Å². The van der Waals surface area contributed by atoms with Gasteiger partial charge in [-0.05, 0) is 29.8 Å². The lowest BCUT2D eigenvalue weighted by Gasteiger charge is -2.23. The van der Waals surface area contributed by atoms with Crippen molar-refractivity contribution in [2.24, 2.45) is 5.10 Å². The molecule has 23 heavy (non-hydrogen) atoms. The third-order valence-electron chi connectivity index (χ3n) is 3.52. The van der Waals surface area contributed by atoms with E-state index in [9.17, 15) is 9.59 Å². The van der Waals surface area contributed by atoms with Crippen LogP contribution < -0.4 is 10.1 Å². The van der Waals surface area contributed by atoms with E-state index >= 15 is 0 Å². The number of ether oxygens (including phenoxy) is 1. The second kappa shape index (κ2) is 8.12. The average molecular weight is 315 g/mol. The molecule has 122 valence electrons. The van der Waals surface area contributed by atoms with Crippen LogP contribution in [0.1, 0.15) is 24.8 Å². The van der Waals surface area contributed by atoms with E-state index in [0.717, 1.165) is 17.0 Å². The first-order valence-corrected chi connectivity index (χ1v) is 7.54. The molecule has 0 fully saturated rings. The Morgan fingerprint density at radius 2 is 2.13 bits per heavy atom. The Morgan fingerprint density at radius 3 is 2.78 bits per heavy atom. The van der Waals surface area contributed by atoms with Crippen molar-refractivity contribution < 1.29 is 14.3 Å². The van der Waals surface area contributed by atoms with E-state index in [4.69, 9.17) is 4.74 Å². The van der Waals surface area contributed by atoms with Crippen LogP contribution in [0, 0.1) is 0 Å². The van der Waals surface area contributed by atoms with Gasteiger partial charge in [-0.2, -0.15) is 5.10 Å². The highest BCUT2D eigenvalue weighted by atomic mass is 16.5. The maximum atomic E-state index is 11.9. The molecule has 2 rings (SSSR count). The predicted molar refractivity (Wildman–Crippen MR) is 88.3 cm³/mol. The van der Waals surface area contributed by atoms with Gasteiger partial charge in [0.2, 0.25) is 11.8 Å². The number of hydrazone groups is 1. The molecular formula is C17H21N3O3. The Labute approximate surface area is 135 Å². The van der Waals surface area contributed by atoms with Crippen molar-refractivity contribution in [1.82, 2.24) is 10.3 Å². The van der Waals surface area contributed by atoms with E-state index < -0.39 is 0 Å². The molecule has 0 atom stereocenters. The molecule has 1 heterocycles. The molecule has 0 spiro atoms. The van der Waals surface area contributed by atoms with Crippen molar-refractivity contribution in [1.29, 1.82) is 0 Å². The molecule has 0 aliphatic carbocycles. The normalized spacial score (nSPS) is 14.2. The first-order chi connectivity index (χ1) is 11.1. The zero-order valence-electron chi connectivity index (χ0n) is 13.2. The van der Waals surface area contributed by atoms with Crippen LogP contribution in [-0.4, -0.2) is 42.7 Å². The number of carbonyl (C=O) groups is 2. The number of nitrogens with zero attached hydrogens (tertiary/aromatic N) is 2. The Balaban J connectivity index is 2.02.